The number of aliphatic imine (C=N–C) groups is 1. The molecule has 0 bridgehead atoms. The van der Waals surface area contributed by atoms with Crippen LogP contribution in [0.1, 0.15) is 31.2 Å². The summed E-state index contributed by atoms with van der Waals surface area (Å²) in [6.45, 7) is 6.50. The SMILES string of the molecule is CN=C(NCCCOCC1CCOC1)N1CCC(Cc2ccccc2)CC1. The number of benzene rings is 1. The molecule has 2 saturated heterocycles. The standard InChI is InChI=1S/C22H35N3O2/c1-23-22(24-11-5-14-26-17-21-10-15-27-18-21)25-12-8-20(9-13-25)16-19-6-3-2-4-7-19/h2-4,6-7,20-21H,5,8-18H2,1H3,(H,23,24). The van der Waals surface area contributed by atoms with Crippen molar-refractivity contribution in [3.05, 3.63) is 35.9 Å². The van der Waals surface area contributed by atoms with E-state index in [2.05, 4.69) is 45.5 Å². The van der Waals surface area contributed by atoms with E-state index in [0.717, 1.165) is 70.8 Å². The fraction of sp³-hybridized carbons (Fsp3) is 0.682. The number of ether oxygens (including phenoxy) is 2. The molecule has 0 aromatic heterocycles. The van der Waals surface area contributed by atoms with Gasteiger partial charge in [0.15, 0.2) is 5.96 Å². The molecule has 1 aromatic carbocycles. The zero-order valence-corrected chi connectivity index (χ0v) is 16.7. The van der Waals surface area contributed by atoms with Crippen molar-refractivity contribution in [3.8, 4) is 0 Å². The lowest BCUT2D eigenvalue weighted by Crippen LogP contribution is -2.46. The number of nitrogens with one attached hydrogen (secondary N) is 1. The summed E-state index contributed by atoms with van der Waals surface area (Å²) in [6, 6.07) is 10.9. The number of piperidine rings is 1. The van der Waals surface area contributed by atoms with Crippen LogP contribution >= 0.6 is 0 Å². The third kappa shape index (κ3) is 6.82. The molecular weight excluding hydrogens is 338 g/mol. The van der Waals surface area contributed by atoms with E-state index in [-0.39, 0.29) is 0 Å². The first-order chi connectivity index (χ1) is 13.3. The third-order valence-electron chi connectivity index (χ3n) is 5.62. The van der Waals surface area contributed by atoms with Crippen molar-refractivity contribution in [2.45, 2.75) is 32.1 Å². The lowest BCUT2D eigenvalue weighted by Gasteiger charge is -2.34. The van der Waals surface area contributed by atoms with Gasteiger partial charge in [-0.25, -0.2) is 0 Å². The Kier molecular flexibility index (Phi) is 8.43. The van der Waals surface area contributed by atoms with Crippen molar-refractivity contribution >= 4 is 5.96 Å². The molecule has 3 rings (SSSR count). The average molecular weight is 374 g/mol. The lowest BCUT2D eigenvalue weighted by molar-refractivity contribution is 0.0887. The first-order valence-corrected chi connectivity index (χ1v) is 10.5. The molecule has 2 aliphatic rings. The van der Waals surface area contributed by atoms with Gasteiger partial charge >= 0.3 is 0 Å². The van der Waals surface area contributed by atoms with Crippen LogP contribution in [0.3, 0.4) is 0 Å². The molecule has 0 amide bonds. The maximum atomic E-state index is 5.78. The molecule has 2 fully saturated rings. The Labute approximate surface area is 164 Å². The largest absolute Gasteiger partial charge is 0.381 e. The van der Waals surface area contributed by atoms with Crippen LogP contribution in [0.4, 0.5) is 0 Å². The van der Waals surface area contributed by atoms with E-state index in [1.54, 1.807) is 0 Å². The molecule has 0 radical (unpaired) electrons. The van der Waals surface area contributed by atoms with Crippen molar-refractivity contribution in [3.63, 3.8) is 0 Å². The number of rotatable bonds is 8. The van der Waals surface area contributed by atoms with Crippen LogP contribution in [0, 0.1) is 11.8 Å². The molecule has 2 heterocycles. The summed E-state index contributed by atoms with van der Waals surface area (Å²) >= 11 is 0. The monoisotopic (exact) mass is 373 g/mol. The zero-order valence-electron chi connectivity index (χ0n) is 16.7. The normalized spacial score (nSPS) is 21.6. The van der Waals surface area contributed by atoms with Crippen molar-refractivity contribution in [2.24, 2.45) is 16.8 Å². The second kappa shape index (κ2) is 11.3. The summed E-state index contributed by atoms with van der Waals surface area (Å²) in [7, 11) is 1.88. The first-order valence-electron chi connectivity index (χ1n) is 10.5. The highest BCUT2D eigenvalue weighted by molar-refractivity contribution is 5.79. The molecule has 5 heteroatoms. The fourth-order valence-corrected chi connectivity index (χ4v) is 3.97. The van der Waals surface area contributed by atoms with E-state index in [1.807, 2.05) is 7.05 Å². The van der Waals surface area contributed by atoms with Crippen LogP contribution in [0.2, 0.25) is 0 Å². The quantitative estimate of drug-likeness (QED) is 0.432. The highest BCUT2D eigenvalue weighted by Gasteiger charge is 2.21. The third-order valence-corrected chi connectivity index (χ3v) is 5.62. The number of nitrogens with zero attached hydrogens (tertiary/aromatic N) is 2. The van der Waals surface area contributed by atoms with Gasteiger partial charge in [-0.3, -0.25) is 4.99 Å². The minimum atomic E-state index is 0.600. The van der Waals surface area contributed by atoms with Gasteiger partial charge in [0.2, 0.25) is 0 Å². The topological polar surface area (TPSA) is 46.1 Å². The summed E-state index contributed by atoms with van der Waals surface area (Å²) in [5.74, 6) is 2.43. The highest BCUT2D eigenvalue weighted by Crippen LogP contribution is 2.21. The van der Waals surface area contributed by atoms with Gasteiger partial charge in [-0.2, -0.15) is 0 Å². The second-order valence-electron chi connectivity index (χ2n) is 7.75. The van der Waals surface area contributed by atoms with E-state index >= 15 is 0 Å². The molecule has 2 aliphatic heterocycles. The van der Waals surface area contributed by atoms with Crippen LogP contribution in [-0.4, -0.2) is 64.0 Å². The lowest BCUT2D eigenvalue weighted by atomic mass is 9.90. The van der Waals surface area contributed by atoms with Gasteiger partial charge in [-0.05, 0) is 43.6 Å². The van der Waals surface area contributed by atoms with Gasteiger partial charge in [0, 0.05) is 45.8 Å². The Morgan fingerprint density at radius 1 is 1.19 bits per heavy atom. The van der Waals surface area contributed by atoms with Gasteiger partial charge in [0.05, 0.1) is 13.2 Å². The van der Waals surface area contributed by atoms with E-state index in [1.165, 1.54) is 24.8 Å². The Morgan fingerprint density at radius 2 is 2.00 bits per heavy atom. The maximum absolute atomic E-state index is 5.78. The Hall–Kier alpha value is -1.59. The molecular formula is C22H35N3O2. The minimum absolute atomic E-state index is 0.600. The van der Waals surface area contributed by atoms with E-state index < -0.39 is 0 Å². The van der Waals surface area contributed by atoms with Gasteiger partial charge in [0.25, 0.3) is 0 Å². The van der Waals surface area contributed by atoms with Crippen molar-refractivity contribution in [1.29, 1.82) is 0 Å². The molecule has 150 valence electrons. The Bertz CT molecular complexity index is 550. The fourth-order valence-electron chi connectivity index (χ4n) is 3.97. The number of likely N-dealkylation sites (tertiary alicyclic amines) is 1. The predicted octanol–water partition coefficient (Wildman–Crippen LogP) is 2.96. The summed E-state index contributed by atoms with van der Waals surface area (Å²) in [5, 5.41) is 3.50. The molecule has 1 atom stereocenters. The van der Waals surface area contributed by atoms with Crippen molar-refractivity contribution < 1.29 is 9.47 Å². The zero-order chi connectivity index (χ0) is 18.7. The molecule has 27 heavy (non-hydrogen) atoms. The molecule has 1 unspecified atom stereocenters. The highest BCUT2D eigenvalue weighted by atomic mass is 16.5. The molecule has 5 nitrogen and oxygen atoms in total. The summed E-state index contributed by atoms with van der Waals surface area (Å²) in [4.78, 5) is 6.88. The predicted molar refractivity (Wildman–Crippen MR) is 110 cm³/mol. The van der Waals surface area contributed by atoms with Gasteiger partial charge < -0.3 is 19.7 Å². The average Bonchev–Trinajstić information content (AvgIpc) is 3.23. The summed E-state index contributed by atoms with van der Waals surface area (Å²) in [6.07, 6.45) is 5.83. The first kappa shape index (κ1) is 20.2. The maximum Gasteiger partial charge on any atom is 0.193 e. The van der Waals surface area contributed by atoms with E-state index in [4.69, 9.17) is 9.47 Å². The van der Waals surface area contributed by atoms with Crippen LogP contribution in [-0.2, 0) is 15.9 Å². The summed E-state index contributed by atoms with van der Waals surface area (Å²) < 4.78 is 11.2. The summed E-state index contributed by atoms with van der Waals surface area (Å²) in [5.41, 5.74) is 1.46. The van der Waals surface area contributed by atoms with Crippen LogP contribution in [0.5, 0.6) is 0 Å². The van der Waals surface area contributed by atoms with Crippen LogP contribution in [0.15, 0.2) is 35.3 Å². The van der Waals surface area contributed by atoms with Gasteiger partial charge in [-0.15, -0.1) is 0 Å². The molecule has 0 spiro atoms. The second-order valence-corrected chi connectivity index (χ2v) is 7.75. The minimum Gasteiger partial charge on any atom is -0.381 e. The number of hydrogen-bond acceptors (Lipinski definition) is 3. The molecule has 0 aliphatic carbocycles. The Balaban J connectivity index is 1.28. The van der Waals surface area contributed by atoms with Crippen molar-refractivity contribution in [1.82, 2.24) is 10.2 Å². The van der Waals surface area contributed by atoms with Gasteiger partial charge in [-0.1, -0.05) is 30.3 Å². The van der Waals surface area contributed by atoms with Gasteiger partial charge in [0.1, 0.15) is 0 Å². The van der Waals surface area contributed by atoms with Crippen LogP contribution < -0.4 is 5.32 Å². The molecule has 0 saturated carbocycles. The number of hydrogen-bond donors (Lipinski definition) is 1. The smallest absolute Gasteiger partial charge is 0.193 e. The molecule has 1 N–H and O–H groups in total. The van der Waals surface area contributed by atoms with E-state index in [9.17, 15) is 0 Å². The van der Waals surface area contributed by atoms with Crippen LogP contribution in [0.25, 0.3) is 0 Å². The van der Waals surface area contributed by atoms with Crippen molar-refractivity contribution in [2.75, 3.05) is 53.1 Å². The van der Waals surface area contributed by atoms with E-state index in [0.29, 0.717) is 5.92 Å². The Morgan fingerprint density at radius 3 is 2.70 bits per heavy atom. The number of guanidine groups is 1. The molecule has 1 aromatic rings.